The number of aromatic nitrogens is 2. The molecule has 2 aromatic carbocycles. The van der Waals surface area contributed by atoms with E-state index in [1.54, 1.807) is 37.4 Å². The number of hydrogen-bond acceptors (Lipinski definition) is 3. The van der Waals surface area contributed by atoms with Crippen LogP contribution in [0.25, 0.3) is 16.6 Å². The van der Waals surface area contributed by atoms with E-state index >= 15 is 0 Å². The molecule has 1 aromatic heterocycles. The van der Waals surface area contributed by atoms with Crippen molar-refractivity contribution >= 4 is 28.2 Å². The topological polar surface area (TPSA) is 56.0 Å². The summed E-state index contributed by atoms with van der Waals surface area (Å²) in [5, 5.41) is 4.27. The molecule has 1 heterocycles. The van der Waals surface area contributed by atoms with Crippen molar-refractivity contribution in [3.63, 3.8) is 0 Å². The van der Waals surface area contributed by atoms with E-state index in [0.717, 1.165) is 16.8 Å². The molecular formula is C19H20ClN3O2. The molecule has 5 nitrogen and oxygen atoms in total. The Hall–Kier alpha value is -2.53. The number of anilines is 1. The first kappa shape index (κ1) is 17.3. The number of rotatable bonds is 4. The van der Waals surface area contributed by atoms with E-state index in [1.807, 2.05) is 12.1 Å². The summed E-state index contributed by atoms with van der Waals surface area (Å²) < 4.78 is 2.63. The minimum atomic E-state index is -0.402. The second kappa shape index (κ2) is 6.76. The largest absolute Gasteiger partial charge is 0.385 e. The van der Waals surface area contributed by atoms with Gasteiger partial charge in [0.05, 0.1) is 16.6 Å². The van der Waals surface area contributed by atoms with Gasteiger partial charge in [-0.15, -0.1) is 0 Å². The first-order chi connectivity index (χ1) is 11.9. The molecule has 0 bridgehead atoms. The van der Waals surface area contributed by atoms with Crippen molar-refractivity contribution in [1.29, 1.82) is 0 Å². The quantitative estimate of drug-likeness (QED) is 0.778. The fourth-order valence-corrected chi connectivity index (χ4v) is 2.91. The third-order valence-electron chi connectivity index (χ3n) is 4.05. The predicted molar refractivity (Wildman–Crippen MR) is 103 cm³/mol. The zero-order chi connectivity index (χ0) is 18.1. The van der Waals surface area contributed by atoms with Crippen LogP contribution in [0.3, 0.4) is 0 Å². The second-order valence-corrected chi connectivity index (χ2v) is 6.91. The van der Waals surface area contributed by atoms with Gasteiger partial charge in [0.15, 0.2) is 0 Å². The number of hydrogen-bond donors (Lipinski definition) is 1. The molecule has 1 N–H and O–H groups in total. The van der Waals surface area contributed by atoms with E-state index in [4.69, 9.17) is 11.6 Å². The van der Waals surface area contributed by atoms with Crippen molar-refractivity contribution in [1.82, 2.24) is 9.13 Å². The minimum Gasteiger partial charge on any atom is -0.385 e. The Balaban J connectivity index is 2.21. The van der Waals surface area contributed by atoms with Crippen LogP contribution in [-0.2, 0) is 7.05 Å². The highest BCUT2D eigenvalue weighted by atomic mass is 35.5. The molecule has 0 amide bonds. The Morgan fingerprint density at radius 2 is 1.88 bits per heavy atom. The molecule has 6 heteroatoms. The van der Waals surface area contributed by atoms with Gasteiger partial charge < -0.3 is 5.32 Å². The number of aryl methyl sites for hydroxylation is 1. The van der Waals surface area contributed by atoms with Gasteiger partial charge in [-0.3, -0.25) is 9.36 Å². The lowest BCUT2D eigenvalue weighted by Gasteiger charge is -2.13. The van der Waals surface area contributed by atoms with Crippen LogP contribution >= 0.6 is 11.6 Å². The van der Waals surface area contributed by atoms with Crippen molar-refractivity contribution in [3.05, 3.63) is 68.3 Å². The summed E-state index contributed by atoms with van der Waals surface area (Å²) in [6, 6.07) is 12.2. The van der Waals surface area contributed by atoms with Gasteiger partial charge in [-0.2, -0.15) is 0 Å². The first-order valence-electron chi connectivity index (χ1n) is 8.14. The van der Waals surface area contributed by atoms with E-state index in [9.17, 15) is 9.59 Å². The Morgan fingerprint density at radius 3 is 2.56 bits per heavy atom. The van der Waals surface area contributed by atoms with Crippen LogP contribution < -0.4 is 16.6 Å². The molecule has 130 valence electrons. The van der Waals surface area contributed by atoms with E-state index in [-0.39, 0.29) is 5.56 Å². The van der Waals surface area contributed by atoms with Gasteiger partial charge in [0.25, 0.3) is 5.56 Å². The predicted octanol–water partition coefficient (Wildman–Crippen LogP) is 3.41. The van der Waals surface area contributed by atoms with Crippen LogP contribution in [0.5, 0.6) is 0 Å². The molecule has 0 saturated heterocycles. The van der Waals surface area contributed by atoms with Crippen molar-refractivity contribution in [2.75, 3.05) is 11.9 Å². The van der Waals surface area contributed by atoms with Gasteiger partial charge in [-0.1, -0.05) is 31.5 Å². The molecule has 3 rings (SSSR count). The zero-order valence-corrected chi connectivity index (χ0v) is 15.2. The number of halogens is 1. The number of nitrogens with one attached hydrogen (secondary N) is 1. The summed E-state index contributed by atoms with van der Waals surface area (Å²) >= 11 is 6.01. The van der Waals surface area contributed by atoms with E-state index in [1.165, 1.54) is 4.57 Å². The van der Waals surface area contributed by atoms with Crippen molar-refractivity contribution in [2.45, 2.75) is 13.8 Å². The molecule has 0 aliphatic heterocycles. The lowest BCUT2D eigenvalue weighted by atomic mass is 10.2. The van der Waals surface area contributed by atoms with Gasteiger partial charge in [-0.25, -0.2) is 9.36 Å². The maximum absolute atomic E-state index is 12.9. The van der Waals surface area contributed by atoms with Crippen molar-refractivity contribution in [3.8, 4) is 5.69 Å². The molecule has 0 aliphatic rings. The fraction of sp³-hybridized carbons (Fsp3) is 0.263. The van der Waals surface area contributed by atoms with E-state index in [2.05, 4.69) is 19.2 Å². The third kappa shape index (κ3) is 3.33. The SMILES string of the molecule is CC(C)CNc1ccc2c(=O)n(-c3cccc(Cl)c3)c(=O)n(C)c2c1. The Labute approximate surface area is 150 Å². The highest BCUT2D eigenvalue weighted by molar-refractivity contribution is 6.30. The molecule has 3 aromatic rings. The average Bonchev–Trinajstić information content (AvgIpc) is 2.58. The van der Waals surface area contributed by atoms with Gasteiger partial charge in [0.1, 0.15) is 0 Å². The monoisotopic (exact) mass is 357 g/mol. The summed E-state index contributed by atoms with van der Waals surface area (Å²) in [6.07, 6.45) is 0. The molecule has 0 aliphatic carbocycles. The van der Waals surface area contributed by atoms with Crippen LogP contribution in [-0.4, -0.2) is 15.7 Å². The number of nitrogens with zero attached hydrogens (tertiary/aromatic N) is 2. The van der Waals surface area contributed by atoms with Crippen molar-refractivity contribution in [2.24, 2.45) is 13.0 Å². The van der Waals surface area contributed by atoms with Crippen LogP contribution in [0.1, 0.15) is 13.8 Å². The van der Waals surface area contributed by atoms with Crippen LogP contribution in [0.15, 0.2) is 52.1 Å². The van der Waals surface area contributed by atoms with Crippen molar-refractivity contribution < 1.29 is 0 Å². The standard InChI is InChI=1S/C19H20ClN3O2/c1-12(2)11-21-14-7-8-16-17(10-14)22(3)19(25)23(18(16)24)15-6-4-5-13(20)9-15/h4-10,12,21H,11H2,1-3H3. The Bertz CT molecular complexity index is 1050. The summed E-state index contributed by atoms with van der Waals surface area (Å²) in [4.78, 5) is 25.6. The van der Waals surface area contributed by atoms with E-state index < -0.39 is 5.69 Å². The highest BCUT2D eigenvalue weighted by Crippen LogP contribution is 2.17. The lowest BCUT2D eigenvalue weighted by Crippen LogP contribution is -2.37. The lowest BCUT2D eigenvalue weighted by molar-refractivity contribution is 0.689. The van der Waals surface area contributed by atoms with Crippen LogP contribution in [0, 0.1) is 5.92 Å². The smallest absolute Gasteiger partial charge is 0.335 e. The minimum absolute atomic E-state index is 0.351. The summed E-state index contributed by atoms with van der Waals surface area (Å²) in [6.45, 7) is 5.06. The summed E-state index contributed by atoms with van der Waals surface area (Å²) in [5.41, 5.74) is 1.19. The highest BCUT2D eigenvalue weighted by Gasteiger charge is 2.13. The van der Waals surface area contributed by atoms with Crippen LogP contribution in [0.2, 0.25) is 5.02 Å². The second-order valence-electron chi connectivity index (χ2n) is 6.47. The summed E-state index contributed by atoms with van der Waals surface area (Å²) in [5.74, 6) is 0.496. The fourth-order valence-electron chi connectivity index (χ4n) is 2.73. The summed E-state index contributed by atoms with van der Waals surface area (Å²) in [7, 11) is 1.66. The van der Waals surface area contributed by atoms with Gasteiger partial charge in [0, 0.05) is 24.3 Å². The first-order valence-corrected chi connectivity index (χ1v) is 8.52. The average molecular weight is 358 g/mol. The van der Waals surface area contributed by atoms with Crippen LogP contribution in [0.4, 0.5) is 5.69 Å². The maximum Gasteiger partial charge on any atom is 0.335 e. The molecular weight excluding hydrogens is 338 g/mol. The van der Waals surface area contributed by atoms with E-state index in [0.29, 0.717) is 27.5 Å². The molecule has 25 heavy (non-hydrogen) atoms. The molecule has 0 radical (unpaired) electrons. The Kier molecular flexibility index (Phi) is 4.68. The molecule has 0 fully saturated rings. The molecule has 0 unspecified atom stereocenters. The van der Waals surface area contributed by atoms with Gasteiger partial charge in [0.2, 0.25) is 0 Å². The molecule has 0 spiro atoms. The third-order valence-corrected chi connectivity index (χ3v) is 4.29. The zero-order valence-electron chi connectivity index (χ0n) is 14.4. The number of benzene rings is 2. The normalized spacial score (nSPS) is 11.2. The van der Waals surface area contributed by atoms with Gasteiger partial charge >= 0.3 is 5.69 Å². The number of fused-ring (bicyclic) bond motifs is 1. The Morgan fingerprint density at radius 1 is 1.12 bits per heavy atom. The maximum atomic E-state index is 12.9. The molecule has 0 saturated carbocycles. The van der Waals surface area contributed by atoms with Gasteiger partial charge in [-0.05, 0) is 42.3 Å². The molecule has 0 atom stereocenters.